The van der Waals surface area contributed by atoms with E-state index < -0.39 is 16.3 Å². The van der Waals surface area contributed by atoms with Gasteiger partial charge in [0.1, 0.15) is 0 Å². The van der Waals surface area contributed by atoms with E-state index in [0.717, 1.165) is 12.8 Å². The Hall–Kier alpha value is -0.420. The van der Waals surface area contributed by atoms with Crippen LogP contribution in [0, 0.1) is 5.92 Å². The van der Waals surface area contributed by atoms with E-state index in [9.17, 15) is 9.00 Å². The van der Waals surface area contributed by atoms with Gasteiger partial charge in [0.2, 0.25) is 5.91 Å². The number of carbonyl (C=O) groups excluding carboxylic acids is 1. The van der Waals surface area contributed by atoms with Crippen molar-refractivity contribution in [2.75, 3.05) is 18.1 Å². The zero-order valence-electron chi connectivity index (χ0n) is 12.9. The maximum atomic E-state index is 12.5. The largest absolute Gasteiger partial charge is 0.325 e. The van der Waals surface area contributed by atoms with Gasteiger partial charge in [0.05, 0.1) is 11.7 Å². The van der Waals surface area contributed by atoms with Crippen LogP contribution in [0.2, 0.25) is 0 Å². The summed E-state index contributed by atoms with van der Waals surface area (Å²) in [5.41, 5.74) is -0.451. The SMILES string of the molecule is CCS(=O)CCN1C(=O)C(C)(CC)NC1CC(C)C. The minimum Gasteiger partial charge on any atom is -0.325 e. The summed E-state index contributed by atoms with van der Waals surface area (Å²) in [5.74, 6) is 1.94. The summed E-state index contributed by atoms with van der Waals surface area (Å²) >= 11 is 0. The molecular formula is C14H28N2O2S. The summed E-state index contributed by atoms with van der Waals surface area (Å²) in [7, 11) is -0.814. The predicted octanol–water partition coefficient (Wildman–Crippen LogP) is 1.73. The van der Waals surface area contributed by atoms with Crippen molar-refractivity contribution in [2.45, 2.75) is 59.2 Å². The van der Waals surface area contributed by atoms with Crippen molar-refractivity contribution in [3.05, 3.63) is 0 Å². The molecule has 19 heavy (non-hydrogen) atoms. The maximum absolute atomic E-state index is 12.5. The summed E-state index contributed by atoms with van der Waals surface area (Å²) in [6.45, 7) is 10.8. The molecule has 1 aliphatic heterocycles. The molecule has 1 N–H and O–H groups in total. The van der Waals surface area contributed by atoms with E-state index >= 15 is 0 Å². The monoisotopic (exact) mass is 288 g/mol. The second-order valence-electron chi connectivity index (χ2n) is 5.91. The molecule has 0 aromatic rings. The Morgan fingerprint density at radius 1 is 1.42 bits per heavy atom. The molecule has 1 aliphatic rings. The Bertz CT molecular complexity index is 346. The van der Waals surface area contributed by atoms with Crippen molar-refractivity contribution in [3.8, 4) is 0 Å². The van der Waals surface area contributed by atoms with E-state index in [1.54, 1.807) is 0 Å². The summed E-state index contributed by atoms with van der Waals surface area (Å²) in [5, 5.41) is 3.47. The van der Waals surface area contributed by atoms with Crippen molar-refractivity contribution >= 4 is 16.7 Å². The first kappa shape index (κ1) is 16.6. The molecule has 0 saturated carbocycles. The molecule has 0 aromatic carbocycles. The molecule has 0 aromatic heterocycles. The fourth-order valence-electron chi connectivity index (χ4n) is 2.45. The molecule has 1 amide bonds. The van der Waals surface area contributed by atoms with Crippen LogP contribution in [0.5, 0.6) is 0 Å². The Labute approximate surface area is 119 Å². The van der Waals surface area contributed by atoms with Gasteiger partial charge >= 0.3 is 0 Å². The number of amides is 1. The summed E-state index contributed by atoms with van der Waals surface area (Å²) in [6, 6.07) is 0. The van der Waals surface area contributed by atoms with Gasteiger partial charge in [-0.05, 0) is 25.7 Å². The smallest absolute Gasteiger partial charge is 0.243 e. The fourth-order valence-corrected chi connectivity index (χ4v) is 3.14. The summed E-state index contributed by atoms with van der Waals surface area (Å²) in [4.78, 5) is 14.4. The van der Waals surface area contributed by atoms with E-state index in [0.29, 0.717) is 24.0 Å². The van der Waals surface area contributed by atoms with Gasteiger partial charge in [-0.2, -0.15) is 0 Å². The number of hydrogen-bond donors (Lipinski definition) is 1. The van der Waals surface area contributed by atoms with Crippen molar-refractivity contribution < 1.29 is 9.00 Å². The first-order valence-electron chi connectivity index (χ1n) is 7.27. The van der Waals surface area contributed by atoms with Gasteiger partial charge < -0.3 is 4.90 Å². The topological polar surface area (TPSA) is 49.4 Å². The lowest BCUT2D eigenvalue weighted by Gasteiger charge is -2.25. The lowest BCUT2D eigenvalue weighted by Crippen LogP contribution is -2.44. The minimum absolute atomic E-state index is 0.0892. The summed E-state index contributed by atoms with van der Waals surface area (Å²) in [6.07, 6.45) is 1.82. The third kappa shape index (κ3) is 4.02. The van der Waals surface area contributed by atoms with Crippen LogP contribution >= 0.6 is 0 Å². The van der Waals surface area contributed by atoms with Gasteiger partial charge in [-0.1, -0.05) is 27.7 Å². The van der Waals surface area contributed by atoms with Gasteiger partial charge in [0.25, 0.3) is 0 Å². The van der Waals surface area contributed by atoms with Crippen LogP contribution in [0.1, 0.15) is 47.5 Å². The molecule has 5 heteroatoms. The van der Waals surface area contributed by atoms with Crippen LogP contribution in [0.25, 0.3) is 0 Å². The molecule has 0 spiro atoms. The van der Waals surface area contributed by atoms with Gasteiger partial charge in [0.15, 0.2) is 0 Å². The molecular weight excluding hydrogens is 260 g/mol. The molecule has 0 aliphatic carbocycles. The van der Waals surface area contributed by atoms with E-state index in [-0.39, 0.29) is 12.1 Å². The third-order valence-corrected chi connectivity index (χ3v) is 5.16. The van der Waals surface area contributed by atoms with Crippen LogP contribution in [-0.2, 0) is 15.6 Å². The van der Waals surface area contributed by atoms with E-state index in [2.05, 4.69) is 19.2 Å². The van der Waals surface area contributed by atoms with Gasteiger partial charge in [0, 0.05) is 28.9 Å². The first-order valence-corrected chi connectivity index (χ1v) is 8.76. The quantitative estimate of drug-likeness (QED) is 0.776. The molecule has 0 radical (unpaired) electrons. The van der Waals surface area contributed by atoms with Crippen LogP contribution in [-0.4, -0.2) is 44.8 Å². The van der Waals surface area contributed by atoms with E-state index in [4.69, 9.17) is 0 Å². The van der Waals surface area contributed by atoms with Crippen molar-refractivity contribution in [1.82, 2.24) is 10.2 Å². The van der Waals surface area contributed by atoms with Crippen molar-refractivity contribution in [3.63, 3.8) is 0 Å². The average Bonchev–Trinajstić information content (AvgIpc) is 2.59. The molecule has 1 saturated heterocycles. The molecule has 1 rings (SSSR count). The standard InChI is InChI=1S/C14H28N2O2S/c1-6-14(5)13(17)16(8-9-19(18)7-2)12(15-14)10-11(3)4/h11-12,15H,6-10H2,1-5H3. The highest BCUT2D eigenvalue weighted by molar-refractivity contribution is 7.84. The number of carbonyl (C=O) groups is 1. The number of rotatable bonds is 7. The molecule has 3 atom stereocenters. The zero-order chi connectivity index (χ0) is 14.6. The first-order chi connectivity index (χ1) is 8.84. The highest BCUT2D eigenvalue weighted by atomic mass is 32.2. The Morgan fingerprint density at radius 2 is 2.05 bits per heavy atom. The van der Waals surface area contributed by atoms with Gasteiger partial charge in [-0.25, -0.2) is 0 Å². The normalized spacial score (nSPS) is 29.3. The van der Waals surface area contributed by atoms with Gasteiger partial charge in [-0.3, -0.25) is 14.3 Å². The maximum Gasteiger partial charge on any atom is 0.243 e. The fraction of sp³-hybridized carbons (Fsp3) is 0.929. The lowest BCUT2D eigenvalue weighted by atomic mass is 9.99. The molecule has 4 nitrogen and oxygen atoms in total. The van der Waals surface area contributed by atoms with Crippen molar-refractivity contribution in [2.24, 2.45) is 5.92 Å². The average molecular weight is 288 g/mol. The zero-order valence-corrected chi connectivity index (χ0v) is 13.7. The number of hydrogen-bond acceptors (Lipinski definition) is 3. The number of nitrogens with one attached hydrogen (secondary N) is 1. The Balaban J connectivity index is 2.76. The van der Waals surface area contributed by atoms with E-state index in [1.165, 1.54) is 0 Å². The van der Waals surface area contributed by atoms with Gasteiger partial charge in [-0.15, -0.1) is 0 Å². The second kappa shape index (κ2) is 6.84. The Kier molecular flexibility index (Phi) is 5.99. The lowest BCUT2D eigenvalue weighted by molar-refractivity contribution is -0.132. The highest BCUT2D eigenvalue weighted by Gasteiger charge is 2.46. The highest BCUT2D eigenvalue weighted by Crippen LogP contribution is 2.26. The Morgan fingerprint density at radius 3 is 2.53 bits per heavy atom. The van der Waals surface area contributed by atoms with Crippen LogP contribution < -0.4 is 5.32 Å². The minimum atomic E-state index is -0.814. The second-order valence-corrected chi connectivity index (χ2v) is 7.77. The van der Waals surface area contributed by atoms with Crippen LogP contribution in [0.3, 0.4) is 0 Å². The van der Waals surface area contributed by atoms with Crippen molar-refractivity contribution in [1.29, 1.82) is 0 Å². The molecule has 0 bridgehead atoms. The van der Waals surface area contributed by atoms with E-state index in [1.807, 2.05) is 25.7 Å². The number of nitrogens with zero attached hydrogens (tertiary/aromatic N) is 1. The van der Waals surface area contributed by atoms with Crippen LogP contribution in [0.4, 0.5) is 0 Å². The third-order valence-electron chi connectivity index (χ3n) is 3.88. The molecule has 1 heterocycles. The molecule has 112 valence electrons. The van der Waals surface area contributed by atoms with Crippen LogP contribution in [0.15, 0.2) is 0 Å². The summed E-state index contributed by atoms with van der Waals surface area (Å²) < 4.78 is 11.6. The predicted molar refractivity (Wildman–Crippen MR) is 80.3 cm³/mol. The molecule has 3 unspecified atom stereocenters. The molecule has 1 fully saturated rings.